The molecular formula is C19H27N3O5S. The summed E-state index contributed by atoms with van der Waals surface area (Å²) >= 11 is 0. The highest BCUT2D eigenvalue weighted by Gasteiger charge is 2.27. The van der Waals surface area contributed by atoms with Gasteiger partial charge in [0.2, 0.25) is 10.0 Å². The fraction of sp³-hybridized carbons (Fsp3) is 0.474. The number of carbonyl (C=O) groups is 1. The Balaban J connectivity index is 2.36. The van der Waals surface area contributed by atoms with Crippen LogP contribution >= 0.6 is 0 Å². The summed E-state index contributed by atoms with van der Waals surface area (Å²) in [5.74, 6) is -0.477. The van der Waals surface area contributed by atoms with Gasteiger partial charge >= 0.3 is 5.97 Å². The molecule has 0 spiro atoms. The Labute approximate surface area is 164 Å². The van der Waals surface area contributed by atoms with E-state index in [-0.39, 0.29) is 35.4 Å². The van der Waals surface area contributed by atoms with Crippen molar-refractivity contribution in [1.82, 2.24) is 9.29 Å². The van der Waals surface area contributed by atoms with Crippen LogP contribution in [0.15, 0.2) is 40.2 Å². The van der Waals surface area contributed by atoms with Gasteiger partial charge in [-0.2, -0.15) is 4.31 Å². The maximum Gasteiger partial charge on any atom is 0.307 e. The van der Waals surface area contributed by atoms with Gasteiger partial charge in [-0.1, -0.05) is 6.07 Å². The average Bonchev–Trinajstić information content (AvgIpc) is 2.60. The number of sulfonamides is 1. The van der Waals surface area contributed by atoms with Gasteiger partial charge in [0.15, 0.2) is 0 Å². The number of aromatic amines is 1. The monoisotopic (exact) mass is 409 g/mol. The number of hydrogen-bond donors (Lipinski definition) is 2. The lowest BCUT2D eigenvalue weighted by Gasteiger charge is -2.24. The molecule has 0 atom stereocenters. The van der Waals surface area contributed by atoms with Crippen molar-refractivity contribution in [3.63, 3.8) is 0 Å². The van der Waals surface area contributed by atoms with Crippen molar-refractivity contribution in [3.05, 3.63) is 40.8 Å². The molecule has 2 rings (SSSR count). The summed E-state index contributed by atoms with van der Waals surface area (Å²) in [5, 5.41) is 0.621. The molecule has 8 nitrogen and oxygen atoms in total. The zero-order valence-corrected chi connectivity index (χ0v) is 17.2. The first-order chi connectivity index (χ1) is 13.1. The Morgan fingerprint density at radius 1 is 1.18 bits per heavy atom. The number of benzene rings is 1. The number of nitrogens with two attached hydrogens (primary N) is 1. The molecule has 0 aliphatic carbocycles. The van der Waals surface area contributed by atoms with Crippen LogP contribution < -0.4 is 11.3 Å². The van der Waals surface area contributed by atoms with Crippen LogP contribution in [0.25, 0.3) is 10.8 Å². The van der Waals surface area contributed by atoms with Crippen LogP contribution in [0, 0.1) is 0 Å². The third-order valence-corrected chi connectivity index (χ3v) is 5.95. The van der Waals surface area contributed by atoms with E-state index in [1.807, 2.05) is 0 Å². The maximum absolute atomic E-state index is 13.3. The van der Waals surface area contributed by atoms with Crippen LogP contribution in [-0.4, -0.2) is 48.9 Å². The van der Waals surface area contributed by atoms with Crippen LogP contribution in [-0.2, 0) is 19.6 Å². The molecule has 0 aliphatic heterocycles. The molecule has 1 aromatic carbocycles. The average molecular weight is 410 g/mol. The zero-order valence-electron chi connectivity index (χ0n) is 16.4. The van der Waals surface area contributed by atoms with Gasteiger partial charge in [-0.25, -0.2) is 8.42 Å². The quantitative estimate of drug-likeness (QED) is 0.639. The molecule has 3 N–H and O–H groups in total. The minimum atomic E-state index is -3.94. The zero-order chi connectivity index (χ0) is 20.9. The van der Waals surface area contributed by atoms with Crippen molar-refractivity contribution in [2.24, 2.45) is 5.73 Å². The van der Waals surface area contributed by atoms with E-state index < -0.39 is 21.6 Å². The van der Waals surface area contributed by atoms with Crippen molar-refractivity contribution >= 4 is 26.8 Å². The second kappa shape index (κ2) is 8.85. The molecule has 0 fully saturated rings. The lowest BCUT2D eigenvalue weighted by molar-refractivity contribution is -0.154. The summed E-state index contributed by atoms with van der Waals surface area (Å²) in [5.41, 5.74) is 4.54. The number of aromatic nitrogens is 1. The van der Waals surface area contributed by atoms with Crippen molar-refractivity contribution < 1.29 is 17.9 Å². The highest BCUT2D eigenvalue weighted by molar-refractivity contribution is 7.89. The fourth-order valence-corrected chi connectivity index (χ4v) is 4.47. The molecular weight excluding hydrogens is 382 g/mol. The number of nitrogens with zero attached hydrogens (tertiary/aromatic N) is 1. The summed E-state index contributed by atoms with van der Waals surface area (Å²) in [4.78, 5) is 26.6. The van der Waals surface area contributed by atoms with Crippen LogP contribution in [0.2, 0.25) is 0 Å². The minimum absolute atomic E-state index is 0.0253. The Morgan fingerprint density at radius 3 is 2.54 bits per heavy atom. The lowest BCUT2D eigenvalue weighted by Crippen LogP contribution is -2.36. The van der Waals surface area contributed by atoms with E-state index in [9.17, 15) is 18.0 Å². The number of rotatable bonds is 8. The smallest absolute Gasteiger partial charge is 0.307 e. The van der Waals surface area contributed by atoms with E-state index in [0.717, 1.165) is 0 Å². The summed E-state index contributed by atoms with van der Waals surface area (Å²) < 4.78 is 33.1. The molecule has 28 heavy (non-hydrogen) atoms. The third kappa shape index (κ3) is 5.40. The molecule has 0 saturated heterocycles. The molecule has 0 saturated carbocycles. The minimum Gasteiger partial charge on any atom is -0.460 e. The maximum atomic E-state index is 13.3. The van der Waals surface area contributed by atoms with E-state index in [1.54, 1.807) is 32.9 Å². The van der Waals surface area contributed by atoms with Gasteiger partial charge in [0, 0.05) is 30.1 Å². The summed E-state index contributed by atoms with van der Waals surface area (Å²) in [6, 6.07) is 6.11. The predicted molar refractivity (Wildman–Crippen MR) is 107 cm³/mol. The van der Waals surface area contributed by atoms with Gasteiger partial charge in [-0.15, -0.1) is 0 Å². The van der Waals surface area contributed by atoms with Crippen molar-refractivity contribution in [1.29, 1.82) is 0 Å². The van der Waals surface area contributed by atoms with E-state index in [1.165, 1.54) is 22.6 Å². The van der Waals surface area contributed by atoms with Crippen LogP contribution in [0.3, 0.4) is 0 Å². The van der Waals surface area contributed by atoms with Crippen molar-refractivity contribution in [2.75, 3.05) is 19.6 Å². The first kappa shape index (κ1) is 22.1. The standard InChI is InChI=1S/C19H27N3O5S/c1-19(2,3)27-17(23)9-13-22(12-5-10-20)28(25,26)16-7-4-6-15-14(16)8-11-21-18(15)24/h4,6-8,11H,5,9-10,12-13,20H2,1-3H3,(H,21,24). The van der Waals surface area contributed by atoms with E-state index in [0.29, 0.717) is 18.4 Å². The fourth-order valence-electron chi connectivity index (χ4n) is 2.78. The second-order valence-electron chi connectivity index (χ2n) is 7.41. The molecule has 1 heterocycles. The van der Waals surface area contributed by atoms with E-state index in [4.69, 9.17) is 10.5 Å². The topological polar surface area (TPSA) is 123 Å². The molecule has 0 unspecified atom stereocenters. The molecule has 9 heteroatoms. The van der Waals surface area contributed by atoms with Crippen LogP contribution in [0.4, 0.5) is 0 Å². The molecule has 0 aliphatic rings. The van der Waals surface area contributed by atoms with Gasteiger partial charge in [0.05, 0.1) is 11.3 Å². The number of fused-ring (bicyclic) bond motifs is 1. The number of hydrogen-bond acceptors (Lipinski definition) is 6. The largest absolute Gasteiger partial charge is 0.460 e. The number of carbonyl (C=O) groups excluding carboxylic acids is 1. The lowest BCUT2D eigenvalue weighted by atomic mass is 10.2. The summed E-state index contributed by atoms with van der Waals surface area (Å²) in [7, 11) is -3.94. The Kier molecular flexibility index (Phi) is 6.97. The van der Waals surface area contributed by atoms with Gasteiger partial charge in [-0.05, 0) is 51.9 Å². The SMILES string of the molecule is CC(C)(C)OC(=O)CCN(CCCN)S(=O)(=O)c1cccc2c(=O)[nH]ccc12. The molecule has 2 aromatic rings. The highest BCUT2D eigenvalue weighted by Crippen LogP contribution is 2.24. The van der Waals surface area contributed by atoms with Gasteiger partial charge in [0.25, 0.3) is 5.56 Å². The first-order valence-electron chi connectivity index (χ1n) is 9.09. The predicted octanol–water partition coefficient (Wildman–Crippen LogP) is 1.60. The summed E-state index contributed by atoms with van der Waals surface area (Å²) in [6.07, 6.45) is 1.78. The Morgan fingerprint density at radius 2 is 1.89 bits per heavy atom. The van der Waals surface area contributed by atoms with Crippen molar-refractivity contribution in [2.45, 2.75) is 44.1 Å². The second-order valence-corrected chi connectivity index (χ2v) is 9.31. The Bertz CT molecular complexity index is 993. The van der Waals surface area contributed by atoms with Gasteiger partial charge in [-0.3, -0.25) is 9.59 Å². The Hall–Kier alpha value is -2.23. The number of H-pyrrole nitrogens is 1. The van der Waals surface area contributed by atoms with Gasteiger partial charge in [0.1, 0.15) is 5.60 Å². The number of esters is 1. The van der Waals surface area contributed by atoms with E-state index in [2.05, 4.69) is 4.98 Å². The molecule has 0 radical (unpaired) electrons. The van der Waals surface area contributed by atoms with E-state index >= 15 is 0 Å². The molecule has 154 valence electrons. The molecule has 1 aromatic heterocycles. The number of ether oxygens (including phenoxy) is 1. The van der Waals surface area contributed by atoms with Crippen molar-refractivity contribution in [3.8, 4) is 0 Å². The normalized spacial score (nSPS) is 12.5. The summed E-state index contributed by atoms with van der Waals surface area (Å²) in [6.45, 7) is 5.70. The number of pyridine rings is 1. The van der Waals surface area contributed by atoms with Crippen LogP contribution in [0.5, 0.6) is 0 Å². The molecule has 0 bridgehead atoms. The van der Waals surface area contributed by atoms with Gasteiger partial charge < -0.3 is 15.5 Å². The molecule has 0 amide bonds. The number of nitrogens with one attached hydrogen (secondary N) is 1. The third-order valence-electron chi connectivity index (χ3n) is 3.99. The van der Waals surface area contributed by atoms with Crippen LogP contribution in [0.1, 0.15) is 33.6 Å². The highest BCUT2D eigenvalue weighted by atomic mass is 32.2. The first-order valence-corrected chi connectivity index (χ1v) is 10.5.